The van der Waals surface area contributed by atoms with Gasteiger partial charge in [0.1, 0.15) is 0 Å². The molecular weight excluding hydrogens is 136 g/mol. The number of hydrogen-bond acceptors (Lipinski definition) is 1. The van der Waals surface area contributed by atoms with E-state index in [4.69, 9.17) is 5.11 Å². The Balaban J connectivity index is 3.07. The van der Waals surface area contributed by atoms with Gasteiger partial charge in [-0.1, -0.05) is 46.0 Å². The largest absolute Gasteiger partial charge is 0.396 e. The number of unbranched alkanes of at least 4 members (excludes halogenated alkanes) is 2. The van der Waals surface area contributed by atoms with Crippen LogP contribution < -0.4 is 0 Å². The Morgan fingerprint density at radius 3 is 2.09 bits per heavy atom. The molecule has 1 heteroatoms. The predicted molar refractivity (Wildman–Crippen MR) is 49.6 cm³/mol. The second-order valence-electron chi connectivity index (χ2n) is 3.26. The van der Waals surface area contributed by atoms with Crippen molar-refractivity contribution in [3.63, 3.8) is 0 Å². The zero-order chi connectivity index (χ0) is 8.53. The van der Waals surface area contributed by atoms with E-state index in [1.165, 1.54) is 32.1 Å². The molecule has 0 saturated carbocycles. The van der Waals surface area contributed by atoms with Crippen molar-refractivity contribution in [1.29, 1.82) is 0 Å². The lowest BCUT2D eigenvalue weighted by atomic mass is 9.96. The summed E-state index contributed by atoms with van der Waals surface area (Å²) in [6.07, 6.45) is 7.47. The molecule has 0 bridgehead atoms. The van der Waals surface area contributed by atoms with Crippen LogP contribution in [0.4, 0.5) is 0 Å². The highest BCUT2D eigenvalue weighted by Crippen LogP contribution is 2.16. The van der Waals surface area contributed by atoms with Crippen LogP contribution in [-0.4, -0.2) is 11.7 Å². The van der Waals surface area contributed by atoms with E-state index in [-0.39, 0.29) is 0 Å². The fourth-order valence-electron chi connectivity index (χ4n) is 1.42. The van der Waals surface area contributed by atoms with Crippen LogP contribution in [0.15, 0.2) is 0 Å². The summed E-state index contributed by atoms with van der Waals surface area (Å²) >= 11 is 0. The first kappa shape index (κ1) is 11.0. The van der Waals surface area contributed by atoms with Gasteiger partial charge in [-0.3, -0.25) is 0 Å². The molecule has 0 aromatic carbocycles. The lowest BCUT2D eigenvalue weighted by Crippen LogP contribution is -1.96. The Morgan fingerprint density at radius 1 is 1.00 bits per heavy atom. The zero-order valence-corrected chi connectivity index (χ0v) is 7.97. The van der Waals surface area contributed by atoms with Crippen LogP contribution in [0.2, 0.25) is 0 Å². The average Bonchev–Trinajstić information content (AvgIpc) is 2.05. The fourth-order valence-corrected chi connectivity index (χ4v) is 1.42. The lowest BCUT2D eigenvalue weighted by Gasteiger charge is -2.10. The van der Waals surface area contributed by atoms with Crippen LogP contribution in [0.5, 0.6) is 0 Å². The zero-order valence-electron chi connectivity index (χ0n) is 7.97. The van der Waals surface area contributed by atoms with E-state index in [1.54, 1.807) is 0 Å². The quantitative estimate of drug-likeness (QED) is 0.565. The van der Waals surface area contributed by atoms with Gasteiger partial charge >= 0.3 is 0 Å². The molecule has 0 saturated heterocycles. The third-order valence-corrected chi connectivity index (χ3v) is 2.43. The highest BCUT2D eigenvalue weighted by atomic mass is 16.2. The van der Waals surface area contributed by atoms with E-state index in [0.29, 0.717) is 6.61 Å². The van der Waals surface area contributed by atoms with Gasteiger partial charge in [-0.2, -0.15) is 0 Å². The minimum absolute atomic E-state index is 0.364. The van der Waals surface area contributed by atoms with Crippen molar-refractivity contribution in [2.24, 2.45) is 5.92 Å². The van der Waals surface area contributed by atoms with Crippen LogP contribution in [-0.2, 0) is 0 Å². The predicted octanol–water partition coefficient (Wildman–Crippen LogP) is 2.98. The van der Waals surface area contributed by atoms with Crippen molar-refractivity contribution in [2.45, 2.75) is 52.4 Å². The van der Waals surface area contributed by atoms with Gasteiger partial charge in [0.15, 0.2) is 0 Å². The fraction of sp³-hybridized carbons (Fsp3) is 1.00. The average molecular weight is 158 g/mol. The maximum Gasteiger partial charge on any atom is 0.0431 e. The second kappa shape index (κ2) is 8.06. The number of aliphatic hydroxyl groups is 1. The van der Waals surface area contributed by atoms with Gasteiger partial charge in [0.2, 0.25) is 0 Å². The summed E-state index contributed by atoms with van der Waals surface area (Å²) < 4.78 is 0. The molecule has 0 amide bonds. The molecule has 0 heterocycles. The Kier molecular flexibility index (Phi) is 8.03. The maximum atomic E-state index is 8.55. The smallest absolute Gasteiger partial charge is 0.0431 e. The van der Waals surface area contributed by atoms with Crippen LogP contribution in [0.1, 0.15) is 52.4 Å². The highest BCUT2D eigenvalue weighted by molar-refractivity contribution is 4.54. The van der Waals surface area contributed by atoms with Gasteiger partial charge in [0, 0.05) is 6.61 Å². The molecular formula is C10H22O. The topological polar surface area (TPSA) is 20.2 Å². The molecule has 0 aliphatic rings. The van der Waals surface area contributed by atoms with Gasteiger partial charge in [-0.05, 0) is 12.3 Å². The van der Waals surface area contributed by atoms with Gasteiger partial charge in [0.25, 0.3) is 0 Å². The van der Waals surface area contributed by atoms with Crippen molar-refractivity contribution in [3.8, 4) is 0 Å². The van der Waals surface area contributed by atoms with E-state index < -0.39 is 0 Å². The summed E-state index contributed by atoms with van der Waals surface area (Å²) in [5.74, 6) is 0.925. The van der Waals surface area contributed by atoms with E-state index in [1.807, 2.05) is 0 Å². The second-order valence-corrected chi connectivity index (χ2v) is 3.26. The SMILES string of the molecule is CCC(CC)CCCCCO. The van der Waals surface area contributed by atoms with Gasteiger partial charge in [-0.15, -0.1) is 0 Å². The van der Waals surface area contributed by atoms with Crippen molar-refractivity contribution in [3.05, 3.63) is 0 Å². The first-order chi connectivity index (χ1) is 5.35. The van der Waals surface area contributed by atoms with Crippen LogP contribution in [0, 0.1) is 5.92 Å². The molecule has 11 heavy (non-hydrogen) atoms. The standard InChI is InChI=1S/C10H22O/c1-3-10(4-2)8-6-5-7-9-11/h10-11H,3-9H2,1-2H3. The highest BCUT2D eigenvalue weighted by Gasteiger charge is 2.01. The molecule has 0 spiro atoms. The van der Waals surface area contributed by atoms with Gasteiger partial charge in [-0.25, -0.2) is 0 Å². The summed E-state index contributed by atoms with van der Waals surface area (Å²) in [6.45, 7) is 4.89. The molecule has 0 radical (unpaired) electrons. The lowest BCUT2D eigenvalue weighted by molar-refractivity contribution is 0.280. The molecule has 0 aromatic rings. The molecule has 0 rings (SSSR count). The summed E-state index contributed by atoms with van der Waals surface area (Å²) in [5, 5.41) is 8.55. The Morgan fingerprint density at radius 2 is 1.64 bits per heavy atom. The summed E-state index contributed by atoms with van der Waals surface area (Å²) in [5.41, 5.74) is 0. The molecule has 0 aliphatic heterocycles. The molecule has 68 valence electrons. The van der Waals surface area contributed by atoms with Crippen LogP contribution >= 0.6 is 0 Å². The molecule has 0 fully saturated rings. The number of aliphatic hydroxyl groups excluding tert-OH is 1. The Labute approximate surface area is 70.8 Å². The van der Waals surface area contributed by atoms with E-state index in [2.05, 4.69) is 13.8 Å². The summed E-state index contributed by atoms with van der Waals surface area (Å²) in [7, 11) is 0. The maximum absolute atomic E-state index is 8.55. The van der Waals surface area contributed by atoms with Crippen LogP contribution in [0.3, 0.4) is 0 Å². The molecule has 1 nitrogen and oxygen atoms in total. The summed E-state index contributed by atoms with van der Waals surface area (Å²) in [6, 6.07) is 0. The molecule has 0 aromatic heterocycles. The van der Waals surface area contributed by atoms with Gasteiger partial charge < -0.3 is 5.11 Å². The van der Waals surface area contributed by atoms with Crippen LogP contribution in [0.25, 0.3) is 0 Å². The Bertz CT molecular complexity index is 67.3. The normalized spacial score (nSPS) is 10.9. The Hall–Kier alpha value is -0.0400. The minimum Gasteiger partial charge on any atom is -0.396 e. The van der Waals surface area contributed by atoms with Crippen molar-refractivity contribution in [2.75, 3.05) is 6.61 Å². The minimum atomic E-state index is 0.364. The van der Waals surface area contributed by atoms with Crippen molar-refractivity contribution >= 4 is 0 Å². The third-order valence-electron chi connectivity index (χ3n) is 2.43. The molecule has 0 atom stereocenters. The van der Waals surface area contributed by atoms with E-state index in [9.17, 15) is 0 Å². The summed E-state index contributed by atoms with van der Waals surface area (Å²) in [4.78, 5) is 0. The first-order valence-corrected chi connectivity index (χ1v) is 4.96. The van der Waals surface area contributed by atoms with E-state index >= 15 is 0 Å². The number of hydrogen-bond donors (Lipinski definition) is 1. The molecule has 0 aliphatic carbocycles. The first-order valence-electron chi connectivity index (χ1n) is 4.96. The number of rotatable bonds is 7. The van der Waals surface area contributed by atoms with Crippen molar-refractivity contribution in [1.82, 2.24) is 0 Å². The molecule has 0 unspecified atom stereocenters. The van der Waals surface area contributed by atoms with E-state index in [0.717, 1.165) is 12.3 Å². The monoisotopic (exact) mass is 158 g/mol. The third kappa shape index (κ3) is 6.36. The van der Waals surface area contributed by atoms with Crippen molar-refractivity contribution < 1.29 is 5.11 Å². The molecule has 1 N–H and O–H groups in total. The van der Waals surface area contributed by atoms with Gasteiger partial charge in [0.05, 0.1) is 0 Å².